The molecule has 1 aliphatic rings. The third-order valence-electron chi connectivity index (χ3n) is 5.25. The van der Waals surface area contributed by atoms with Crippen LogP contribution in [0.1, 0.15) is 43.4 Å². The van der Waals surface area contributed by atoms with Crippen molar-refractivity contribution in [3.05, 3.63) is 58.9 Å². The number of carbonyl (C=O) groups excluding carboxylic acids is 1. The molecule has 28 heavy (non-hydrogen) atoms. The normalized spacial score (nSPS) is 16.1. The van der Waals surface area contributed by atoms with Crippen LogP contribution in [0.5, 0.6) is 5.75 Å². The summed E-state index contributed by atoms with van der Waals surface area (Å²) in [5, 5.41) is 3.08. The van der Waals surface area contributed by atoms with Crippen molar-refractivity contribution in [3.8, 4) is 5.75 Å². The number of nitrogens with one attached hydrogen (secondary N) is 1. The van der Waals surface area contributed by atoms with Gasteiger partial charge in [0.2, 0.25) is 5.91 Å². The Balaban J connectivity index is 1.89. The lowest BCUT2D eigenvalue weighted by Crippen LogP contribution is -2.44. The molecule has 5 heteroatoms. The van der Waals surface area contributed by atoms with Gasteiger partial charge in [0.05, 0.1) is 11.5 Å². The van der Waals surface area contributed by atoms with E-state index in [2.05, 4.69) is 5.32 Å². The van der Waals surface area contributed by atoms with Crippen LogP contribution in [-0.4, -0.2) is 25.2 Å². The molecule has 1 amide bonds. The summed E-state index contributed by atoms with van der Waals surface area (Å²) in [6, 6.07) is 10.1. The third kappa shape index (κ3) is 4.20. The van der Waals surface area contributed by atoms with Gasteiger partial charge in [-0.3, -0.25) is 4.79 Å². The minimum atomic E-state index is -0.721. The highest BCUT2D eigenvalue weighted by molar-refractivity contribution is 5.99. The molecular weight excluding hydrogens is 357 g/mol. The number of hydrogen-bond donors (Lipinski definition) is 1. The van der Waals surface area contributed by atoms with E-state index in [1.807, 2.05) is 39.8 Å². The van der Waals surface area contributed by atoms with Crippen molar-refractivity contribution >= 4 is 11.6 Å². The molecule has 1 aliphatic heterocycles. The zero-order chi connectivity index (χ0) is 20.3. The van der Waals surface area contributed by atoms with E-state index in [4.69, 9.17) is 9.47 Å². The second-order valence-corrected chi connectivity index (χ2v) is 7.76. The van der Waals surface area contributed by atoms with Crippen molar-refractivity contribution in [2.45, 2.75) is 52.1 Å². The van der Waals surface area contributed by atoms with E-state index in [0.29, 0.717) is 26.1 Å². The van der Waals surface area contributed by atoms with Gasteiger partial charge in [0.25, 0.3) is 0 Å². The maximum atomic E-state index is 13.4. The predicted molar refractivity (Wildman–Crippen MR) is 108 cm³/mol. The fourth-order valence-electron chi connectivity index (χ4n) is 3.83. The van der Waals surface area contributed by atoms with Crippen LogP contribution in [0.2, 0.25) is 0 Å². The molecule has 1 saturated heterocycles. The molecule has 1 fully saturated rings. The molecule has 0 saturated carbocycles. The fourth-order valence-corrected chi connectivity index (χ4v) is 3.83. The van der Waals surface area contributed by atoms with E-state index in [-0.39, 0.29) is 17.8 Å². The van der Waals surface area contributed by atoms with E-state index >= 15 is 0 Å². The highest BCUT2D eigenvalue weighted by Gasteiger charge is 2.41. The minimum absolute atomic E-state index is 0.0845. The van der Waals surface area contributed by atoms with Crippen LogP contribution in [0.4, 0.5) is 10.1 Å². The average molecular weight is 385 g/mol. The van der Waals surface area contributed by atoms with Crippen LogP contribution < -0.4 is 10.1 Å². The molecule has 3 rings (SSSR count). The van der Waals surface area contributed by atoms with Crippen LogP contribution >= 0.6 is 0 Å². The van der Waals surface area contributed by atoms with Crippen molar-refractivity contribution in [2.24, 2.45) is 0 Å². The summed E-state index contributed by atoms with van der Waals surface area (Å²) in [6.45, 7) is 8.95. The first-order valence-corrected chi connectivity index (χ1v) is 9.75. The first kappa shape index (κ1) is 20.3. The first-order chi connectivity index (χ1) is 13.3. The summed E-state index contributed by atoms with van der Waals surface area (Å²) in [7, 11) is 0. The summed E-state index contributed by atoms with van der Waals surface area (Å²) in [4.78, 5) is 13.4. The van der Waals surface area contributed by atoms with Gasteiger partial charge in [-0.25, -0.2) is 4.39 Å². The summed E-state index contributed by atoms with van der Waals surface area (Å²) in [6.07, 6.45) is 1.22. The topological polar surface area (TPSA) is 47.6 Å². The predicted octanol–water partition coefficient (Wildman–Crippen LogP) is 4.92. The standard InChI is InChI=1S/C23H28FNO3/c1-15(2)28-21-16(3)13-20(14-17(21)4)25-22(26)23(9-11-27-12-10-23)18-5-7-19(24)8-6-18/h5-8,13-15H,9-12H2,1-4H3,(H,25,26). The Hall–Kier alpha value is -2.40. The number of carbonyl (C=O) groups is 1. The molecule has 0 spiro atoms. The summed E-state index contributed by atoms with van der Waals surface area (Å²) < 4.78 is 24.8. The first-order valence-electron chi connectivity index (χ1n) is 9.75. The highest BCUT2D eigenvalue weighted by atomic mass is 19.1. The quantitative estimate of drug-likeness (QED) is 0.795. The molecule has 0 radical (unpaired) electrons. The Labute approximate surface area is 166 Å². The van der Waals surface area contributed by atoms with Crippen molar-refractivity contribution in [1.82, 2.24) is 0 Å². The molecule has 1 heterocycles. The van der Waals surface area contributed by atoms with Crippen molar-refractivity contribution in [3.63, 3.8) is 0 Å². The molecule has 0 aromatic heterocycles. The number of rotatable bonds is 5. The second-order valence-electron chi connectivity index (χ2n) is 7.76. The molecule has 2 aromatic rings. The van der Waals surface area contributed by atoms with Crippen LogP contribution in [0.3, 0.4) is 0 Å². The van der Waals surface area contributed by atoms with E-state index in [1.54, 1.807) is 12.1 Å². The van der Waals surface area contributed by atoms with Crippen LogP contribution in [-0.2, 0) is 14.9 Å². The Morgan fingerprint density at radius 3 is 2.21 bits per heavy atom. The average Bonchev–Trinajstić information content (AvgIpc) is 2.65. The summed E-state index contributed by atoms with van der Waals surface area (Å²) >= 11 is 0. The second kappa shape index (κ2) is 8.31. The van der Waals surface area contributed by atoms with Gasteiger partial charge in [0.15, 0.2) is 0 Å². The molecule has 1 N–H and O–H groups in total. The highest BCUT2D eigenvalue weighted by Crippen LogP contribution is 2.37. The third-order valence-corrected chi connectivity index (χ3v) is 5.25. The maximum absolute atomic E-state index is 13.4. The Morgan fingerprint density at radius 1 is 1.11 bits per heavy atom. The molecule has 4 nitrogen and oxygen atoms in total. The molecule has 2 aromatic carbocycles. The lowest BCUT2D eigenvalue weighted by Gasteiger charge is -2.36. The van der Waals surface area contributed by atoms with Gasteiger partial charge < -0.3 is 14.8 Å². The van der Waals surface area contributed by atoms with Gasteiger partial charge in [0.1, 0.15) is 11.6 Å². The summed E-state index contributed by atoms with van der Waals surface area (Å²) in [5.74, 6) is 0.462. The van der Waals surface area contributed by atoms with E-state index in [9.17, 15) is 9.18 Å². The molecule has 150 valence electrons. The lowest BCUT2D eigenvalue weighted by molar-refractivity contribution is -0.125. The van der Waals surface area contributed by atoms with Gasteiger partial charge >= 0.3 is 0 Å². The number of halogens is 1. The minimum Gasteiger partial charge on any atom is -0.490 e. The number of aryl methyl sites for hydroxylation is 2. The zero-order valence-electron chi connectivity index (χ0n) is 17.0. The molecule has 0 bridgehead atoms. The van der Waals surface area contributed by atoms with E-state index in [0.717, 1.165) is 28.1 Å². The Morgan fingerprint density at radius 2 is 1.68 bits per heavy atom. The maximum Gasteiger partial charge on any atom is 0.235 e. The van der Waals surface area contributed by atoms with Crippen LogP contribution in [0, 0.1) is 19.7 Å². The molecule has 0 unspecified atom stereocenters. The summed E-state index contributed by atoms with van der Waals surface area (Å²) in [5.41, 5.74) is 2.80. The van der Waals surface area contributed by atoms with Crippen molar-refractivity contribution in [1.29, 1.82) is 0 Å². The monoisotopic (exact) mass is 385 g/mol. The smallest absolute Gasteiger partial charge is 0.235 e. The van der Waals surface area contributed by atoms with E-state index < -0.39 is 5.41 Å². The Bertz CT molecular complexity index is 816. The van der Waals surface area contributed by atoms with Gasteiger partial charge in [-0.1, -0.05) is 12.1 Å². The number of amides is 1. The molecule has 0 aliphatic carbocycles. The number of benzene rings is 2. The van der Waals surface area contributed by atoms with Crippen molar-refractivity contribution < 1.29 is 18.7 Å². The molecule has 0 atom stereocenters. The van der Waals surface area contributed by atoms with Gasteiger partial charge in [-0.2, -0.15) is 0 Å². The number of hydrogen-bond acceptors (Lipinski definition) is 3. The van der Waals surface area contributed by atoms with Crippen LogP contribution in [0.15, 0.2) is 36.4 Å². The fraction of sp³-hybridized carbons (Fsp3) is 0.435. The molecular formula is C23H28FNO3. The van der Waals surface area contributed by atoms with Gasteiger partial charge in [-0.05, 0) is 81.5 Å². The van der Waals surface area contributed by atoms with Gasteiger partial charge in [-0.15, -0.1) is 0 Å². The van der Waals surface area contributed by atoms with Gasteiger partial charge in [0, 0.05) is 18.9 Å². The zero-order valence-corrected chi connectivity index (χ0v) is 17.0. The SMILES string of the molecule is Cc1cc(NC(=O)C2(c3ccc(F)cc3)CCOCC2)cc(C)c1OC(C)C. The lowest BCUT2D eigenvalue weighted by atomic mass is 9.73. The largest absolute Gasteiger partial charge is 0.490 e. The number of ether oxygens (including phenoxy) is 2. The van der Waals surface area contributed by atoms with Crippen LogP contribution in [0.25, 0.3) is 0 Å². The number of anilines is 1. The van der Waals surface area contributed by atoms with E-state index in [1.165, 1.54) is 12.1 Å². The Kier molecular flexibility index (Phi) is 6.04. The van der Waals surface area contributed by atoms with Crippen molar-refractivity contribution in [2.75, 3.05) is 18.5 Å².